The van der Waals surface area contributed by atoms with Crippen molar-refractivity contribution in [3.05, 3.63) is 69.6 Å². The first-order chi connectivity index (χ1) is 16.1. The van der Waals surface area contributed by atoms with E-state index in [0.717, 1.165) is 34.9 Å². The molecular weight excluding hydrogens is 460 g/mol. The molecule has 0 aliphatic rings. The summed E-state index contributed by atoms with van der Waals surface area (Å²) in [6.45, 7) is 8.74. The van der Waals surface area contributed by atoms with E-state index in [-0.39, 0.29) is 5.75 Å². The molecule has 0 saturated carbocycles. The topological polar surface area (TPSA) is 83.6 Å². The highest BCUT2D eigenvalue weighted by atomic mass is 32.2. The monoisotopic (exact) mass is 489 g/mol. The number of hydrogen-bond acceptors (Lipinski definition) is 5. The minimum atomic E-state index is -0.941. The zero-order valence-corrected chi connectivity index (χ0v) is 20.9. The van der Waals surface area contributed by atoms with Crippen molar-refractivity contribution in [2.24, 2.45) is 15.4 Å². The predicted molar refractivity (Wildman–Crippen MR) is 134 cm³/mol. The summed E-state index contributed by atoms with van der Waals surface area (Å²) in [5, 5.41) is 19.2. The Kier molecular flexibility index (Phi) is 15.3. The molecule has 1 N–H and O–H groups in total. The van der Waals surface area contributed by atoms with Crippen LogP contribution in [0.25, 0.3) is 0 Å². The number of benzene rings is 2. The average Bonchev–Trinajstić information content (AvgIpc) is 2.77. The first-order valence-electron chi connectivity index (χ1n) is 10.0. The van der Waals surface area contributed by atoms with Crippen molar-refractivity contribution in [2.45, 2.75) is 40.4 Å². The van der Waals surface area contributed by atoms with Crippen molar-refractivity contribution in [3.63, 3.8) is 0 Å². The molecule has 0 aliphatic heterocycles. The number of aliphatic carboxylic acids is 1. The zero-order chi connectivity index (χ0) is 26.1. The third kappa shape index (κ3) is 11.9. The van der Waals surface area contributed by atoms with Crippen LogP contribution in [0.3, 0.4) is 0 Å². The van der Waals surface area contributed by atoms with Gasteiger partial charge < -0.3 is 9.84 Å². The smallest absolute Gasteiger partial charge is 0.342 e. The number of aryl methyl sites for hydroxylation is 1. The molecule has 34 heavy (non-hydrogen) atoms. The van der Waals surface area contributed by atoms with E-state index in [1.165, 1.54) is 11.8 Å². The Labute approximate surface area is 203 Å². The minimum absolute atomic E-state index is 0.178. The van der Waals surface area contributed by atoms with Crippen LogP contribution in [0.2, 0.25) is 0 Å². The normalized spacial score (nSPS) is 9.97. The number of rotatable bonds is 7. The molecule has 0 bridgehead atoms. The van der Waals surface area contributed by atoms with Gasteiger partial charge in [0.15, 0.2) is 11.6 Å². The van der Waals surface area contributed by atoms with E-state index < -0.39 is 17.6 Å². The van der Waals surface area contributed by atoms with Crippen molar-refractivity contribution in [3.8, 4) is 23.8 Å². The van der Waals surface area contributed by atoms with Gasteiger partial charge in [-0.15, -0.1) is 29.2 Å². The van der Waals surface area contributed by atoms with E-state index in [9.17, 15) is 13.6 Å². The Bertz CT molecular complexity index is 1060. The molecule has 0 aromatic heterocycles. The number of hydrogen-bond donors (Lipinski definition) is 1. The number of carboxylic acid groups (broad SMARTS) is 1. The van der Waals surface area contributed by atoms with Crippen LogP contribution in [0, 0.1) is 30.9 Å². The maximum Gasteiger partial charge on any atom is 0.342 e. The van der Waals surface area contributed by atoms with Crippen LogP contribution in [0.15, 0.2) is 62.3 Å². The molecule has 182 valence electrons. The van der Waals surface area contributed by atoms with Crippen molar-refractivity contribution in [1.82, 2.24) is 0 Å². The van der Waals surface area contributed by atoms with Gasteiger partial charge in [-0.3, -0.25) is 0 Å². The van der Waals surface area contributed by atoms with Gasteiger partial charge in [0.1, 0.15) is 11.6 Å². The van der Waals surface area contributed by atoms with E-state index in [2.05, 4.69) is 27.8 Å². The molecule has 6 nitrogen and oxygen atoms in total. The van der Waals surface area contributed by atoms with E-state index in [1.54, 1.807) is 60.0 Å². The third-order valence-electron chi connectivity index (χ3n) is 3.64. The maximum atomic E-state index is 13.7. The van der Waals surface area contributed by atoms with Crippen molar-refractivity contribution in [1.29, 1.82) is 0 Å². The van der Waals surface area contributed by atoms with Crippen LogP contribution in [-0.4, -0.2) is 24.3 Å². The summed E-state index contributed by atoms with van der Waals surface area (Å²) in [7, 11) is 1.58. The van der Waals surface area contributed by atoms with Gasteiger partial charge in [0.2, 0.25) is 0 Å². The van der Waals surface area contributed by atoms with Gasteiger partial charge in [-0.1, -0.05) is 22.9 Å². The summed E-state index contributed by atoms with van der Waals surface area (Å²) < 4.78 is 32.3. The number of carbonyl (C=O) groups is 1. The van der Waals surface area contributed by atoms with Gasteiger partial charge in [-0.25, -0.2) is 13.6 Å². The number of allylic oxidation sites excluding steroid dienone is 1. The van der Waals surface area contributed by atoms with E-state index in [1.807, 2.05) is 6.07 Å². The second-order valence-electron chi connectivity index (χ2n) is 6.65. The Morgan fingerprint density at radius 3 is 2.32 bits per heavy atom. The van der Waals surface area contributed by atoms with Crippen LogP contribution in [0.4, 0.5) is 8.78 Å². The van der Waals surface area contributed by atoms with Gasteiger partial charge in [0.25, 0.3) is 0 Å². The van der Waals surface area contributed by atoms with Crippen LogP contribution in [0.1, 0.15) is 38.8 Å². The van der Waals surface area contributed by atoms with Crippen LogP contribution in [0.5, 0.6) is 11.5 Å². The Morgan fingerprint density at radius 1 is 1.21 bits per heavy atom. The van der Waals surface area contributed by atoms with Gasteiger partial charge >= 0.3 is 5.97 Å². The first-order valence-corrected chi connectivity index (χ1v) is 11.0. The molecule has 0 radical (unpaired) electrons. The molecular formula is C25H29F2N3O3S. The molecule has 0 spiro atoms. The second-order valence-corrected chi connectivity index (χ2v) is 7.64. The molecule has 9 heteroatoms. The minimum Gasteiger partial charge on any atom is -0.477 e. The Balaban J connectivity index is 0.00000103. The molecule has 0 aliphatic carbocycles. The highest BCUT2D eigenvalue weighted by molar-refractivity contribution is 8.03. The van der Waals surface area contributed by atoms with Crippen molar-refractivity contribution in [2.75, 3.05) is 7.05 Å². The largest absolute Gasteiger partial charge is 0.477 e. The van der Waals surface area contributed by atoms with Gasteiger partial charge in [-0.05, 0) is 63.9 Å². The summed E-state index contributed by atoms with van der Waals surface area (Å²) in [5.41, 5.74) is 2.40. The average molecular weight is 490 g/mol. The van der Waals surface area contributed by atoms with Gasteiger partial charge in [-0.2, -0.15) is 5.11 Å². The predicted octanol–water partition coefficient (Wildman–Crippen LogP) is 7.39. The SMILES string of the molecule is C#CC.C/C=N\N=NC.CC(C)=C(SCc1ccc(Oc2cc(F)ccc2F)c(C)c1)C(=O)O. The summed E-state index contributed by atoms with van der Waals surface area (Å²) in [5.74, 6) is 0.813. The first kappa shape index (κ1) is 30.5. The van der Waals surface area contributed by atoms with Gasteiger partial charge in [0, 0.05) is 18.0 Å². The lowest BCUT2D eigenvalue weighted by Gasteiger charge is -2.11. The number of carboxylic acids is 1. The van der Waals surface area contributed by atoms with Crippen LogP contribution < -0.4 is 4.74 Å². The Morgan fingerprint density at radius 2 is 1.85 bits per heavy atom. The van der Waals surface area contributed by atoms with Crippen molar-refractivity contribution >= 4 is 23.9 Å². The molecule has 0 unspecified atom stereocenters. The van der Waals surface area contributed by atoms with E-state index >= 15 is 0 Å². The van der Waals surface area contributed by atoms with Crippen molar-refractivity contribution < 1.29 is 23.4 Å². The second kappa shape index (κ2) is 17.0. The highest BCUT2D eigenvalue weighted by Gasteiger charge is 2.12. The number of ether oxygens (including phenoxy) is 1. The fourth-order valence-corrected chi connectivity index (χ4v) is 3.17. The quantitative estimate of drug-likeness (QED) is 0.144. The third-order valence-corrected chi connectivity index (χ3v) is 4.99. The van der Waals surface area contributed by atoms with E-state index in [0.29, 0.717) is 16.4 Å². The van der Waals surface area contributed by atoms with Crippen LogP contribution in [-0.2, 0) is 10.5 Å². The highest BCUT2D eigenvalue weighted by Crippen LogP contribution is 2.30. The lowest BCUT2D eigenvalue weighted by molar-refractivity contribution is -0.131. The fourth-order valence-electron chi connectivity index (χ4n) is 2.27. The number of terminal acetylenes is 1. The molecule has 0 fully saturated rings. The lowest BCUT2D eigenvalue weighted by Crippen LogP contribution is -1.99. The fraction of sp³-hybridized carbons (Fsp3) is 0.280. The summed E-state index contributed by atoms with van der Waals surface area (Å²) in [6, 6.07) is 8.31. The lowest BCUT2D eigenvalue weighted by atomic mass is 10.1. The number of halogens is 2. The summed E-state index contributed by atoms with van der Waals surface area (Å²) in [4.78, 5) is 11.5. The molecule has 0 heterocycles. The Hall–Kier alpha value is -3.51. The summed E-state index contributed by atoms with van der Waals surface area (Å²) in [6.07, 6.45) is 6.17. The van der Waals surface area contributed by atoms with E-state index in [4.69, 9.17) is 9.84 Å². The molecule has 0 amide bonds. The molecule has 2 aromatic rings. The number of thioether (sulfide) groups is 1. The van der Waals surface area contributed by atoms with Gasteiger partial charge in [0.05, 0.1) is 12.0 Å². The zero-order valence-electron chi connectivity index (χ0n) is 20.1. The number of nitrogens with zero attached hydrogens (tertiary/aromatic N) is 3. The molecule has 0 atom stereocenters. The molecule has 2 aromatic carbocycles. The standard InChI is InChI=1S/C19H18F2O3S.C3H7N3.C3H4/c1-11(2)18(19(22)23)25-10-13-4-7-16(12(3)8-13)24-17-9-14(20)5-6-15(17)21;1-3-5-6-4-2;1-3-2/h4-9H,10H2,1-3H3,(H,22,23);3H,1-2H3;1H,2H3/b;5-3-,6-4?;. The van der Waals surface area contributed by atoms with Crippen LogP contribution >= 0.6 is 11.8 Å². The summed E-state index contributed by atoms with van der Waals surface area (Å²) >= 11 is 1.24. The molecule has 0 saturated heterocycles. The molecule has 2 rings (SSSR count). The maximum absolute atomic E-state index is 13.7.